The normalized spacial score (nSPS) is 16.4. The van der Waals surface area contributed by atoms with Crippen molar-refractivity contribution in [2.75, 3.05) is 26.7 Å². The highest BCUT2D eigenvalue weighted by atomic mass is 32.1. The molecule has 0 saturated carbocycles. The number of benzene rings is 1. The number of thiazole rings is 1. The molecular formula is C22H33N5S. The van der Waals surface area contributed by atoms with Crippen LogP contribution in [0.2, 0.25) is 0 Å². The van der Waals surface area contributed by atoms with Crippen molar-refractivity contribution in [3.63, 3.8) is 0 Å². The number of nitrogens with zero attached hydrogens (tertiary/aromatic N) is 3. The molecular weight excluding hydrogens is 366 g/mol. The van der Waals surface area contributed by atoms with Crippen LogP contribution in [-0.4, -0.2) is 48.6 Å². The quantitative estimate of drug-likeness (QED) is 0.577. The van der Waals surface area contributed by atoms with E-state index in [1.165, 1.54) is 16.0 Å². The molecule has 0 amide bonds. The van der Waals surface area contributed by atoms with Crippen LogP contribution in [0.1, 0.15) is 39.5 Å². The van der Waals surface area contributed by atoms with Gasteiger partial charge in [-0.15, -0.1) is 11.3 Å². The Morgan fingerprint density at radius 1 is 1.25 bits per heavy atom. The summed E-state index contributed by atoms with van der Waals surface area (Å²) in [4.78, 5) is 12.8. The highest BCUT2D eigenvalue weighted by Crippen LogP contribution is 2.17. The highest BCUT2D eigenvalue weighted by Gasteiger charge is 2.20. The van der Waals surface area contributed by atoms with Crippen LogP contribution in [-0.2, 0) is 13.0 Å². The van der Waals surface area contributed by atoms with Crippen molar-refractivity contribution in [1.29, 1.82) is 0 Å². The largest absolute Gasteiger partial charge is 0.356 e. The molecule has 0 aliphatic carbocycles. The number of hydrogen-bond donors (Lipinski definition) is 2. The predicted octanol–water partition coefficient (Wildman–Crippen LogP) is 3.44. The SMILES string of the molecule is CN=C(NCCc1sc(C)nc1C)NC1CCN(Cc2cccc(C)c2)CC1. The monoisotopic (exact) mass is 399 g/mol. The Morgan fingerprint density at radius 2 is 2.04 bits per heavy atom. The third kappa shape index (κ3) is 6.04. The van der Waals surface area contributed by atoms with E-state index in [9.17, 15) is 0 Å². The van der Waals surface area contributed by atoms with Gasteiger partial charge in [-0.05, 0) is 39.2 Å². The number of piperidine rings is 1. The number of hydrogen-bond acceptors (Lipinski definition) is 4. The molecule has 0 spiro atoms. The second-order valence-electron chi connectivity index (χ2n) is 7.67. The number of rotatable bonds is 6. The first-order valence-corrected chi connectivity index (χ1v) is 11.0. The van der Waals surface area contributed by atoms with Gasteiger partial charge in [-0.2, -0.15) is 0 Å². The molecule has 152 valence electrons. The van der Waals surface area contributed by atoms with E-state index in [1.54, 1.807) is 11.3 Å². The molecule has 0 atom stereocenters. The van der Waals surface area contributed by atoms with Gasteiger partial charge in [-0.1, -0.05) is 29.8 Å². The molecule has 1 aliphatic rings. The summed E-state index contributed by atoms with van der Waals surface area (Å²) in [6.45, 7) is 10.5. The van der Waals surface area contributed by atoms with Crippen LogP contribution >= 0.6 is 11.3 Å². The Hall–Kier alpha value is -1.92. The summed E-state index contributed by atoms with van der Waals surface area (Å²) >= 11 is 1.79. The van der Waals surface area contributed by atoms with Crippen LogP contribution in [0.25, 0.3) is 0 Å². The van der Waals surface area contributed by atoms with E-state index in [0.29, 0.717) is 6.04 Å². The first-order chi connectivity index (χ1) is 13.5. The Balaban J connectivity index is 1.39. The lowest BCUT2D eigenvalue weighted by Crippen LogP contribution is -2.48. The summed E-state index contributed by atoms with van der Waals surface area (Å²) in [5, 5.41) is 8.21. The molecule has 6 heteroatoms. The Kier molecular flexibility index (Phi) is 7.45. The second kappa shape index (κ2) is 10.0. The van der Waals surface area contributed by atoms with E-state index in [-0.39, 0.29) is 0 Å². The van der Waals surface area contributed by atoms with Gasteiger partial charge in [0.25, 0.3) is 0 Å². The summed E-state index contributed by atoms with van der Waals surface area (Å²) in [5.74, 6) is 0.913. The maximum atomic E-state index is 4.50. The van der Waals surface area contributed by atoms with E-state index < -0.39 is 0 Å². The molecule has 1 saturated heterocycles. The fourth-order valence-electron chi connectivity index (χ4n) is 3.79. The van der Waals surface area contributed by atoms with Crippen molar-refractivity contribution in [1.82, 2.24) is 20.5 Å². The van der Waals surface area contributed by atoms with Crippen molar-refractivity contribution in [2.45, 2.75) is 52.6 Å². The molecule has 1 aromatic carbocycles. The van der Waals surface area contributed by atoms with E-state index in [1.807, 2.05) is 7.05 Å². The number of aromatic nitrogens is 1. The van der Waals surface area contributed by atoms with Gasteiger partial charge in [-0.25, -0.2) is 4.98 Å². The number of nitrogens with one attached hydrogen (secondary N) is 2. The third-order valence-corrected chi connectivity index (χ3v) is 6.42. The van der Waals surface area contributed by atoms with Crippen LogP contribution < -0.4 is 10.6 Å². The van der Waals surface area contributed by atoms with E-state index >= 15 is 0 Å². The van der Waals surface area contributed by atoms with Crippen LogP contribution in [0.4, 0.5) is 0 Å². The number of guanidine groups is 1. The van der Waals surface area contributed by atoms with Gasteiger partial charge >= 0.3 is 0 Å². The van der Waals surface area contributed by atoms with E-state index in [0.717, 1.165) is 62.1 Å². The number of likely N-dealkylation sites (tertiary alicyclic amines) is 1. The first-order valence-electron chi connectivity index (χ1n) is 10.2. The fourth-order valence-corrected chi connectivity index (χ4v) is 4.73. The molecule has 5 nitrogen and oxygen atoms in total. The molecule has 28 heavy (non-hydrogen) atoms. The van der Waals surface area contributed by atoms with Gasteiger partial charge in [0.05, 0.1) is 10.7 Å². The van der Waals surface area contributed by atoms with Crippen LogP contribution in [0, 0.1) is 20.8 Å². The standard InChI is InChI=1S/C22H33N5S/c1-16-6-5-7-19(14-16)15-27-12-9-20(10-13-27)26-22(23-4)24-11-8-21-17(2)25-18(3)28-21/h5-7,14,20H,8-13,15H2,1-4H3,(H2,23,24,26). The van der Waals surface area contributed by atoms with Crippen LogP contribution in [0.3, 0.4) is 0 Å². The maximum absolute atomic E-state index is 4.50. The third-order valence-electron chi connectivity index (χ3n) is 5.28. The van der Waals surface area contributed by atoms with E-state index in [4.69, 9.17) is 0 Å². The Morgan fingerprint density at radius 3 is 2.68 bits per heavy atom. The highest BCUT2D eigenvalue weighted by molar-refractivity contribution is 7.11. The Labute approximate surface area is 173 Å². The summed E-state index contributed by atoms with van der Waals surface area (Å²) in [6.07, 6.45) is 3.30. The first kappa shape index (κ1) is 20.8. The van der Waals surface area contributed by atoms with Crippen molar-refractivity contribution in [2.24, 2.45) is 4.99 Å². The lowest BCUT2D eigenvalue weighted by atomic mass is 10.0. The fraction of sp³-hybridized carbons (Fsp3) is 0.545. The minimum absolute atomic E-state index is 0.493. The summed E-state index contributed by atoms with van der Waals surface area (Å²) < 4.78 is 0. The summed E-state index contributed by atoms with van der Waals surface area (Å²) in [5.41, 5.74) is 3.92. The van der Waals surface area contributed by atoms with Gasteiger partial charge in [0, 0.05) is 50.6 Å². The molecule has 0 bridgehead atoms. The molecule has 1 fully saturated rings. The smallest absolute Gasteiger partial charge is 0.191 e. The van der Waals surface area contributed by atoms with Gasteiger partial charge in [0.15, 0.2) is 5.96 Å². The molecule has 1 aliphatic heterocycles. The van der Waals surface area contributed by atoms with Crippen molar-refractivity contribution < 1.29 is 0 Å². The molecule has 2 heterocycles. The molecule has 0 unspecified atom stereocenters. The minimum atomic E-state index is 0.493. The zero-order chi connectivity index (χ0) is 19.9. The average Bonchev–Trinajstić information content (AvgIpc) is 2.99. The van der Waals surface area contributed by atoms with Crippen LogP contribution in [0.5, 0.6) is 0 Å². The molecule has 2 N–H and O–H groups in total. The van der Waals surface area contributed by atoms with E-state index in [2.05, 4.69) is 70.5 Å². The molecule has 1 aromatic heterocycles. The Bertz CT molecular complexity index is 790. The van der Waals surface area contributed by atoms with Crippen molar-refractivity contribution in [3.05, 3.63) is 51.0 Å². The molecule has 0 radical (unpaired) electrons. The van der Waals surface area contributed by atoms with Gasteiger partial charge in [0.1, 0.15) is 0 Å². The lowest BCUT2D eigenvalue weighted by Gasteiger charge is -2.33. The van der Waals surface area contributed by atoms with Crippen LogP contribution in [0.15, 0.2) is 29.3 Å². The van der Waals surface area contributed by atoms with Gasteiger partial charge in [0.2, 0.25) is 0 Å². The number of aliphatic imine (C=N–C) groups is 1. The topological polar surface area (TPSA) is 52.6 Å². The van der Waals surface area contributed by atoms with Gasteiger partial charge in [-0.3, -0.25) is 9.89 Å². The second-order valence-corrected chi connectivity index (χ2v) is 8.96. The number of aryl methyl sites for hydroxylation is 3. The van der Waals surface area contributed by atoms with Crippen molar-refractivity contribution >= 4 is 17.3 Å². The lowest BCUT2D eigenvalue weighted by molar-refractivity contribution is 0.198. The predicted molar refractivity (Wildman–Crippen MR) is 119 cm³/mol. The maximum Gasteiger partial charge on any atom is 0.191 e. The summed E-state index contributed by atoms with van der Waals surface area (Å²) in [7, 11) is 1.85. The average molecular weight is 400 g/mol. The minimum Gasteiger partial charge on any atom is -0.356 e. The van der Waals surface area contributed by atoms with Gasteiger partial charge < -0.3 is 10.6 Å². The molecule has 2 aromatic rings. The zero-order valence-electron chi connectivity index (χ0n) is 17.6. The van der Waals surface area contributed by atoms with Crippen molar-refractivity contribution in [3.8, 4) is 0 Å². The molecule has 3 rings (SSSR count). The summed E-state index contributed by atoms with van der Waals surface area (Å²) in [6, 6.07) is 9.34. The zero-order valence-corrected chi connectivity index (χ0v) is 18.4.